The summed E-state index contributed by atoms with van der Waals surface area (Å²) >= 11 is 0. The number of para-hydroxylation sites is 2. The third-order valence-corrected chi connectivity index (χ3v) is 2.99. The van der Waals surface area contributed by atoms with Crippen molar-refractivity contribution in [3.8, 4) is 0 Å². The number of hydrogen-bond acceptors (Lipinski definition) is 3. The van der Waals surface area contributed by atoms with Gasteiger partial charge in [-0.3, -0.25) is 4.79 Å². The number of aryl methyl sites for hydroxylation is 1. The van der Waals surface area contributed by atoms with E-state index in [0.29, 0.717) is 18.8 Å². The second-order valence-electron chi connectivity index (χ2n) is 4.01. The van der Waals surface area contributed by atoms with E-state index < -0.39 is 5.91 Å². The summed E-state index contributed by atoms with van der Waals surface area (Å²) in [5.74, 6) is -0.151. The lowest BCUT2D eigenvalue weighted by molar-refractivity contribution is -0.112. The lowest BCUT2D eigenvalue weighted by Crippen LogP contribution is -2.22. The summed E-state index contributed by atoms with van der Waals surface area (Å²) in [5, 5.41) is 9.74. The van der Waals surface area contributed by atoms with E-state index in [9.17, 15) is 9.90 Å². The topological polar surface area (TPSA) is 81.1 Å². The highest BCUT2D eigenvalue weighted by Gasteiger charge is 2.26. The van der Waals surface area contributed by atoms with Crippen LogP contribution < -0.4 is 5.73 Å². The minimum Gasteiger partial charge on any atom is -0.511 e. The SMILES string of the molecule is Cl.NC(=O)C1=C(O)CCn2c1nc1ccccc12. The van der Waals surface area contributed by atoms with Gasteiger partial charge in [0.15, 0.2) is 0 Å². The maximum Gasteiger partial charge on any atom is 0.255 e. The van der Waals surface area contributed by atoms with Gasteiger partial charge in [-0.2, -0.15) is 0 Å². The Hall–Kier alpha value is -2.01. The number of imidazole rings is 1. The Labute approximate surface area is 109 Å². The van der Waals surface area contributed by atoms with Crippen LogP contribution in [0.1, 0.15) is 12.2 Å². The first-order valence-corrected chi connectivity index (χ1v) is 5.36. The Morgan fingerprint density at radius 2 is 2.11 bits per heavy atom. The Kier molecular flexibility index (Phi) is 3.00. The van der Waals surface area contributed by atoms with Crippen molar-refractivity contribution in [2.75, 3.05) is 0 Å². The number of nitrogens with two attached hydrogens (primary N) is 1. The number of allylic oxidation sites excluding steroid dienone is 1. The highest BCUT2D eigenvalue weighted by Crippen LogP contribution is 2.28. The van der Waals surface area contributed by atoms with Gasteiger partial charge in [0, 0.05) is 13.0 Å². The summed E-state index contributed by atoms with van der Waals surface area (Å²) in [6.45, 7) is 0.610. The van der Waals surface area contributed by atoms with E-state index in [4.69, 9.17) is 5.73 Å². The number of nitrogens with zero attached hydrogens (tertiary/aromatic N) is 2. The van der Waals surface area contributed by atoms with Crippen LogP contribution in [0.25, 0.3) is 16.6 Å². The predicted octanol–water partition coefficient (Wildman–Crippen LogP) is 1.62. The Balaban J connectivity index is 0.00000120. The molecule has 0 saturated heterocycles. The van der Waals surface area contributed by atoms with Crippen molar-refractivity contribution in [2.24, 2.45) is 5.73 Å². The Bertz CT molecular complexity index is 660. The zero-order valence-corrected chi connectivity index (χ0v) is 10.3. The fourth-order valence-corrected chi connectivity index (χ4v) is 2.22. The normalized spacial score (nSPS) is 14.2. The Morgan fingerprint density at radius 3 is 2.83 bits per heavy atom. The second kappa shape index (κ2) is 4.34. The molecule has 0 bridgehead atoms. The maximum atomic E-state index is 11.4. The minimum atomic E-state index is -0.640. The molecular formula is C12H12ClN3O2. The predicted molar refractivity (Wildman–Crippen MR) is 70.3 cm³/mol. The monoisotopic (exact) mass is 265 g/mol. The van der Waals surface area contributed by atoms with E-state index in [-0.39, 0.29) is 23.7 Å². The molecule has 0 saturated carbocycles. The van der Waals surface area contributed by atoms with Crippen molar-refractivity contribution in [3.05, 3.63) is 35.8 Å². The molecule has 18 heavy (non-hydrogen) atoms. The number of carbonyl (C=O) groups is 1. The van der Waals surface area contributed by atoms with E-state index >= 15 is 0 Å². The molecule has 1 aromatic heterocycles. The minimum absolute atomic E-state index is 0. The first-order chi connectivity index (χ1) is 8.18. The van der Waals surface area contributed by atoms with Gasteiger partial charge in [0.2, 0.25) is 0 Å². The van der Waals surface area contributed by atoms with Crippen LogP contribution in [0.3, 0.4) is 0 Å². The zero-order chi connectivity index (χ0) is 12.0. The summed E-state index contributed by atoms with van der Waals surface area (Å²) < 4.78 is 1.91. The molecule has 3 N–H and O–H groups in total. The molecule has 0 atom stereocenters. The molecule has 5 nitrogen and oxygen atoms in total. The highest BCUT2D eigenvalue weighted by molar-refractivity contribution is 6.19. The lowest BCUT2D eigenvalue weighted by atomic mass is 10.1. The van der Waals surface area contributed by atoms with Crippen molar-refractivity contribution in [1.82, 2.24) is 9.55 Å². The fraction of sp³-hybridized carbons (Fsp3) is 0.167. The molecule has 0 aliphatic carbocycles. The molecule has 2 aromatic rings. The van der Waals surface area contributed by atoms with Gasteiger partial charge in [-0.15, -0.1) is 12.4 Å². The third kappa shape index (κ3) is 1.64. The van der Waals surface area contributed by atoms with Gasteiger partial charge < -0.3 is 15.4 Å². The molecule has 1 amide bonds. The van der Waals surface area contributed by atoms with Gasteiger partial charge in [0.1, 0.15) is 17.2 Å². The summed E-state index contributed by atoms with van der Waals surface area (Å²) in [5.41, 5.74) is 7.17. The maximum absolute atomic E-state index is 11.4. The number of halogens is 1. The fourth-order valence-electron chi connectivity index (χ4n) is 2.22. The van der Waals surface area contributed by atoms with Gasteiger partial charge in [-0.1, -0.05) is 12.1 Å². The van der Waals surface area contributed by atoms with E-state index in [0.717, 1.165) is 11.0 Å². The number of benzene rings is 1. The molecule has 3 rings (SSSR count). The zero-order valence-electron chi connectivity index (χ0n) is 9.46. The molecule has 0 spiro atoms. The molecule has 1 aromatic carbocycles. The number of rotatable bonds is 1. The Morgan fingerprint density at radius 1 is 1.39 bits per heavy atom. The van der Waals surface area contributed by atoms with Crippen LogP contribution in [0.4, 0.5) is 0 Å². The van der Waals surface area contributed by atoms with Crippen molar-refractivity contribution < 1.29 is 9.90 Å². The molecule has 2 heterocycles. The van der Waals surface area contributed by atoms with Gasteiger partial charge in [0.25, 0.3) is 5.91 Å². The molecule has 0 fully saturated rings. The van der Waals surface area contributed by atoms with Crippen molar-refractivity contribution >= 4 is 34.9 Å². The first kappa shape index (κ1) is 12.4. The van der Waals surface area contributed by atoms with Crippen LogP contribution in [0, 0.1) is 0 Å². The third-order valence-electron chi connectivity index (χ3n) is 2.99. The molecule has 6 heteroatoms. The van der Waals surface area contributed by atoms with E-state index in [1.807, 2.05) is 28.8 Å². The number of primary amides is 1. The van der Waals surface area contributed by atoms with Crippen molar-refractivity contribution in [2.45, 2.75) is 13.0 Å². The summed E-state index contributed by atoms with van der Waals surface area (Å²) in [7, 11) is 0. The number of aliphatic hydroxyl groups excluding tert-OH is 1. The quantitative estimate of drug-likeness (QED) is 0.822. The largest absolute Gasteiger partial charge is 0.511 e. The number of fused-ring (bicyclic) bond motifs is 3. The number of aromatic nitrogens is 2. The van der Waals surface area contributed by atoms with E-state index in [1.165, 1.54) is 0 Å². The summed E-state index contributed by atoms with van der Waals surface area (Å²) in [4.78, 5) is 15.7. The summed E-state index contributed by atoms with van der Waals surface area (Å²) in [6.07, 6.45) is 0.408. The molecule has 94 valence electrons. The molecular weight excluding hydrogens is 254 g/mol. The molecule has 1 aliphatic rings. The average Bonchev–Trinajstić information content (AvgIpc) is 2.66. The molecule has 0 radical (unpaired) electrons. The van der Waals surface area contributed by atoms with Crippen LogP contribution in [0.15, 0.2) is 30.0 Å². The molecule has 0 unspecified atom stereocenters. The second-order valence-corrected chi connectivity index (χ2v) is 4.01. The highest BCUT2D eigenvalue weighted by atomic mass is 35.5. The first-order valence-electron chi connectivity index (χ1n) is 5.36. The van der Waals surface area contributed by atoms with Gasteiger partial charge in [-0.05, 0) is 12.1 Å². The lowest BCUT2D eigenvalue weighted by Gasteiger charge is -2.16. The average molecular weight is 266 g/mol. The van der Waals surface area contributed by atoms with Gasteiger partial charge in [-0.25, -0.2) is 4.98 Å². The van der Waals surface area contributed by atoms with E-state index in [1.54, 1.807) is 0 Å². The van der Waals surface area contributed by atoms with Crippen molar-refractivity contribution in [3.63, 3.8) is 0 Å². The number of carbonyl (C=O) groups excluding carboxylic acids is 1. The number of hydrogen-bond donors (Lipinski definition) is 2. The van der Waals surface area contributed by atoms with E-state index in [2.05, 4.69) is 4.98 Å². The van der Waals surface area contributed by atoms with Gasteiger partial charge >= 0.3 is 0 Å². The number of amides is 1. The number of aliphatic hydroxyl groups is 1. The van der Waals surface area contributed by atoms with Crippen LogP contribution in [0.2, 0.25) is 0 Å². The summed E-state index contributed by atoms with van der Waals surface area (Å²) in [6, 6.07) is 7.61. The molecule has 1 aliphatic heterocycles. The van der Waals surface area contributed by atoms with Crippen LogP contribution in [0.5, 0.6) is 0 Å². The van der Waals surface area contributed by atoms with Crippen LogP contribution in [-0.4, -0.2) is 20.6 Å². The van der Waals surface area contributed by atoms with Crippen LogP contribution >= 0.6 is 12.4 Å². The van der Waals surface area contributed by atoms with Crippen LogP contribution in [-0.2, 0) is 11.3 Å². The smallest absolute Gasteiger partial charge is 0.255 e. The van der Waals surface area contributed by atoms with Gasteiger partial charge in [0.05, 0.1) is 11.0 Å². The standard InChI is InChI=1S/C12H11N3O2.ClH/c13-11(17)10-9(16)5-6-15-8-4-2-1-3-7(8)14-12(10)15;/h1-4,16H,5-6H2,(H2,13,17);1H. The van der Waals surface area contributed by atoms with Crippen molar-refractivity contribution in [1.29, 1.82) is 0 Å².